The van der Waals surface area contributed by atoms with Crippen LogP contribution in [0, 0.1) is 6.92 Å². The molecule has 2 N–H and O–H groups in total. The third-order valence-corrected chi connectivity index (χ3v) is 4.12. The van der Waals surface area contributed by atoms with Crippen molar-refractivity contribution in [2.24, 2.45) is 0 Å². The number of rotatable bonds is 3. The summed E-state index contributed by atoms with van der Waals surface area (Å²) in [6.07, 6.45) is 1.13. The molecule has 0 aliphatic rings. The molecular weight excluding hydrogens is 298 g/mol. The van der Waals surface area contributed by atoms with Crippen molar-refractivity contribution >= 4 is 27.1 Å². The minimum Gasteiger partial charge on any atom is -0.455 e. The van der Waals surface area contributed by atoms with Crippen LogP contribution in [0.3, 0.4) is 0 Å². The summed E-state index contributed by atoms with van der Waals surface area (Å²) in [7, 11) is -3.29. The van der Waals surface area contributed by atoms with Crippen molar-refractivity contribution < 1.29 is 13.2 Å². The molecule has 0 unspecified atom stereocenters. The van der Waals surface area contributed by atoms with Crippen LogP contribution in [0.5, 0.6) is 11.5 Å². The van der Waals surface area contributed by atoms with E-state index in [9.17, 15) is 8.42 Å². The molecule has 0 amide bonds. The molecule has 2 rings (SSSR count). The number of anilines is 1. The maximum absolute atomic E-state index is 11.4. The zero-order valence-electron chi connectivity index (χ0n) is 11.1. The molecule has 0 radical (unpaired) electrons. The molecule has 0 heterocycles. The van der Waals surface area contributed by atoms with Gasteiger partial charge in [0.15, 0.2) is 9.84 Å². The van der Waals surface area contributed by atoms with Crippen LogP contribution in [-0.4, -0.2) is 14.7 Å². The normalized spacial score (nSPS) is 11.3. The SMILES string of the molecule is Cc1ccc(Cl)cc1Oc1ccc(S(C)(=O)=O)cc1N. The second-order valence-corrected chi connectivity index (χ2v) is 6.94. The largest absolute Gasteiger partial charge is 0.455 e. The average molecular weight is 312 g/mol. The molecule has 0 atom stereocenters. The first-order chi connectivity index (χ1) is 9.27. The van der Waals surface area contributed by atoms with Gasteiger partial charge >= 0.3 is 0 Å². The van der Waals surface area contributed by atoms with E-state index in [-0.39, 0.29) is 10.6 Å². The molecule has 4 nitrogen and oxygen atoms in total. The van der Waals surface area contributed by atoms with Crippen molar-refractivity contribution in [3.05, 3.63) is 47.0 Å². The summed E-state index contributed by atoms with van der Waals surface area (Å²) in [5.74, 6) is 0.971. The van der Waals surface area contributed by atoms with Crippen molar-refractivity contribution in [2.45, 2.75) is 11.8 Å². The summed E-state index contributed by atoms with van der Waals surface area (Å²) >= 11 is 5.92. The number of halogens is 1. The van der Waals surface area contributed by atoms with Crippen LogP contribution in [0.15, 0.2) is 41.3 Å². The van der Waals surface area contributed by atoms with E-state index in [1.54, 1.807) is 12.1 Å². The molecule has 0 saturated carbocycles. The van der Waals surface area contributed by atoms with E-state index in [1.807, 2.05) is 13.0 Å². The van der Waals surface area contributed by atoms with Crippen LogP contribution in [0.2, 0.25) is 5.02 Å². The number of ether oxygens (including phenoxy) is 1. The third kappa shape index (κ3) is 3.23. The highest BCUT2D eigenvalue weighted by Crippen LogP contribution is 2.32. The molecule has 2 aromatic rings. The van der Waals surface area contributed by atoms with Gasteiger partial charge in [-0.25, -0.2) is 8.42 Å². The maximum Gasteiger partial charge on any atom is 0.175 e. The second-order valence-electron chi connectivity index (χ2n) is 4.48. The first-order valence-electron chi connectivity index (χ1n) is 5.81. The van der Waals surface area contributed by atoms with E-state index in [4.69, 9.17) is 22.1 Å². The van der Waals surface area contributed by atoms with Crippen molar-refractivity contribution in [2.75, 3.05) is 12.0 Å². The van der Waals surface area contributed by atoms with Crippen LogP contribution < -0.4 is 10.5 Å². The zero-order chi connectivity index (χ0) is 14.9. The van der Waals surface area contributed by atoms with E-state index in [0.717, 1.165) is 11.8 Å². The Morgan fingerprint density at radius 1 is 1.10 bits per heavy atom. The van der Waals surface area contributed by atoms with E-state index in [1.165, 1.54) is 18.2 Å². The highest BCUT2D eigenvalue weighted by atomic mass is 35.5. The molecule has 0 saturated heterocycles. The van der Waals surface area contributed by atoms with Gasteiger partial charge in [-0.15, -0.1) is 0 Å². The molecule has 0 spiro atoms. The summed E-state index contributed by atoms with van der Waals surface area (Å²) in [6.45, 7) is 1.88. The topological polar surface area (TPSA) is 69.4 Å². The Bertz CT molecular complexity index is 757. The lowest BCUT2D eigenvalue weighted by Gasteiger charge is -2.12. The second kappa shape index (κ2) is 5.34. The Morgan fingerprint density at radius 3 is 2.40 bits per heavy atom. The van der Waals surface area contributed by atoms with Gasteiger partial charge in [-0.1, -0.05) is 17.7 Å². The minimum absolute atomic E-state index is 0.158. The van der Waals surface area contributed by atoms with Crippen molar-refractivity contribution in [1.82, 2.24) is 0 Å². The Hall–Kier alpha value is -1.72. The molecule has 0 aliphatic carbocycles. The van der Waals surface area contributed by atoms with E-state index >= 15 is 0 Å². The van der Waals surface area contributed by atoms with Gasteiger partial charge in [-0.2, -0.15) is 0 Å². The molecule has 2 aromatic carbocycles. The van der Waals surface area contributed by atoms with Gasteiger partial charge in [0.1, 0.15) is 11.5 Å². The van der Waals surface area contributed by atoms with Gasteiger partial charge in [0.25, 0.3) is 0 Å². The predicted octanol–water partition coefficient (Wildman–Crippen LogP) is 3.43. The Kier molecular flexibility index (Phi) is 3.92. The van der Waals surface area contributed by atoms with Crippen molar-refractivity contribution in [3.63, 3.8) is 0 Å². The van der Waals surface area contributed by atoms with Gasteiger partial charge in [-0.05, 0) is 42.8 Å². The summed E-state index contributed by atoms with van der Waals surface area (Å²) in [5.41, 5.74) is 6.99. The lowest BCUT2D eigenvalue weighted by Crippen LogP contribution is -2.00. The molecular formula is C14H14ClNO3S. The smallest absolute Gasteiger partial charge is 0.175 e. The lowest BCUT2D eigenvalue weighted by molar-refractivity contribution is 0.481. The van der Waals surface area contributed by atoms with Gasteiger partial charge in [0, 0.05) is 11.3 Å². The fraction of sp³-hybridized carbons (Fsp3) is 0.143. The standard InChI is InChI=1S/C14H14ClNO3S/c1-9-3-4-10(15)7-14(9)19-13-6-5-11(8-12(13)16)20(2,17)18/h3-8H,16H2,1-2H3. The summed E-state index contributed by atoms with van der Waals surface area (Å²) in [5, 5.41) is 0.553. The molecule has 20 heavy (non-hydrogen) atoms. The molecule has 0 aromatic heterocycles. The first kappa shape index (κ1) is 14.7. The Labute approximate surface area is 123 Å². The summed E-state index contributed by atoms with van der Waals surface area (Å²) < 4.78 is 28.6. The van der Waals surface area contributed by atoms with Crippen LogP contribution in [0.1, 0.15) is 5.56 Å². The fourth-order valence-electron chi connectivity index (χ4n) is 1.65. The number of hydrogen-bond acceptors (Lipinski definition) is 4. The fourth-order valence-corrected chi connectivity index (χ4v) is 2.47. The Balaban J connectivity index is 2.38. The van der Waals surface area contributed by atoms with Gasteiger partial charge in [0.05, 0.1) is 10.6 Å². The monoisotopic (exact) mass is 311 g/mol. The van der Waals surface area contributed by atoms with Crippen LogP contribution >= 0.6 is 11.6 Å². The quantitative estimate of drug-likeness (QED) is 0.882. The molecule has 6 heteroatoms. The lowest BCUT2D eigenvalue weighted by atomic mass is 10.2. The zero-order valence-corrected chi connectivity index (χ0v) is 12.6. The first-order valence-corrected chi connectivity index (χ1v) is 8.08. The van der Waals surface area contributed by atoms with E-state index < -0.39 is 9.84 Å². The Morgan fingerprint density at radius 2 is 1.80 bits per heavy atom. The number of aryl methyl sites for hydroxylation is 1. The molecule has 106 valence electrons. The van der Waals surface area contributed by atoms with Crippen LogP contribution in [0.25, 0.3) is 0 Å². The number of sulfone groups is 1. The molecule has 0 fully saturated rings. The number of benzene rings is 2. The van der Waals surface area contributed by atoms with E-state index in [2.05, 4.69) is 0 Å². The predicted molar refractivity (Wildman–Crippen MR) is 80.2 cm³/mol. The number of hydrogen-bond donors (Lipinski definition) is 1. The number of nitrogens with two attached hydrogens (primary N) is 1. The third-order valence-electron chi connectivity index (χ3n) is 2.78. The highest BCUT2D eigenvalue weighted by molar-refractivity contribution is 7.90. The maximum atomic E-state index is 11.4. The van der Waals surface area contributed by atoms with Gasteiger partial charge < -0.3 is 10.5 Å². The van der Waals surface area contributed by atoms with Crippen LogP contribution in [-0.2, 0) is 9.84 Å². The number of nitrogen functional groups attached to an aromatic ring is 1. The highest BCUT2D eigenvalue weighted by Gasteiger charge is 2.11. The molecule has 0 aliphatic heterocycles. The minimum atomic E-state index is -3.29. The summed E-state index contributed by atoms with van der Waals surface area (Å²) in [4.78, 5) is 0.158. The van der Waals surface area contributed by atoms with Crippen molar-refractivity contribution in [3.8, 4) is 11.5 Å². The average Bonchev–Trinajstić information content (AvgIpc) is 2.35. The van der Waals surface area contributed by atoms with E-state index in [0.29, 0.717) is 16.5 Å². The summed E-state index contributed by atoms with van der Waals surface area (Å²) in [6, 6.07) is 9.65. The van der Waals surface area contributed by atoms with Crippen molar-refractivity contribution in [1.29, 1.82) is 0 Å². The van der Waals surface area contributed by atoms with Gasteiger partial charge in [0.2, 0.25) is 0 Å². The van der Waals surface area contributed by atoms with Crippen LogP contribution in [0.4, 0.5) is 5.69 Å². The van der Waals surface area contributed by atoms with Gasteiger partial charge in [-0.3, -0.25) is 0 Å². The molecule has 0 bridgehead atoms.